The summed E-state index contributed by atoms with van der Waals surface area (Å²) in [5.74, 6) is 0.325. The topological polar surface area (TPSA) is 187 Å². The number of anilines is 2. The summed E-state index contributed by atoms with van der Waals surface area (Å²) >= 11 is 0. The van der Waals surface area contributed by atoms with Crippen molar-refractivity contribution in [1.29, 1.82) is 0 Å². The molecule has 4 N–H and O–H groups in total. The van der Waals surface area contributed by atoms with E-state index in [2.05, 4.69) is 51.8 Å². The van der Waals surface area contributed by atoms with E-state index in [0.717, 1.165) is 12.0 Å². The van der Waals surface area contributed by atoms with E-state index in [-0.39, 0.29) is 29.8 Å². The van der Waals surface area contributed by atoms with Gasteiger partial charge in [0.2, 0.25) is 11.8 Å². The van der Waals surface area contributed by atoms with Gasteiger partial charge in [-0.2, -0.15) is 14.8 Å². The Morgan fingerprint density at radius 3 is 2.64 bits per heavy atom. The predicted molar refractivity (Wildman–Crippen MR) is 160 cm³/mol. The van der Waals surface area contributed by atoms with Gasteiger partial charge in [-0.05, 0) is 36.0 Å². The molecule has 0 saturated carbocycles. The molecule has 1 aliphatic heterocycles. The van der Waals surface area contributed by atoms with Gasteiger partial charge in [0.15, 0.2) is 35.4 Å². The van der Waals surface area contributed by atoms with Crippen LogP contribution in [0.1, 0.15) is 64.8 Å². The standard InChI is InChI=1S/C29H40N10O5/c1-6-39-36-25(35-37-39)22-21(42)23(43-17(2)41)27(44-22)38-16-31-20-24(30-13-12-29(3,4)5)33-28(34-26(20)38)32-19(15-40)14-18-10-8-7-9-11-18/h7-11,16,19,21-23,27,40,42H,6,12-15H2,1-5H3,(H2,30,32,33,34)/t19-,21+,22-,23+,27+/m0/s1. The molecule has 15 heteroatoms. The zero-order valence-corrected chi connectivity index (χ0v) is 25.6. The minimum atomic E-state index is -1.29. The molecule has 5 rings (SSSR count). The van der Waals surface area contributed by atoms with Gasteiger partial charge in [-0.3, -0.25) is 9.36 Å². The first kappa shape index (κ1) is 31.2. The van der Waals surface area contributed by atoms with Crippen LogP contribution in [0.25, 0.3) is 11.2 Å². The van der Waals surface area contributed by atoms with Crippen LogP contribution < -0.4 is 10.6 Å². The molecule has 1 aromatic carbocycles. The van der Waals surface area contributed by atoms with E-state index in [9.17, 15) is 15.0 Å². The van der Waals surface area contributed by atoms with Gasteiger partial charge in [-0.15, -0.1) is 10.2 Å². The van der Waals surface area contributed by atoms with Crippen LogP contribution in [0.15, 0.2) is 36.7 Å². The number of nitrogens with one attached hydrogen (secondary N) is 2. The minimum Gasteiger partial charge on any atom is -0.455 e. The first-order chi connectivity index (χ1) is 21.1. The average Bonchev–Trinajstić information content (AvgIpc) is 3.70. The van der Waals surface area contributed by atoms with Crippen molar-refractivity contribution in [3.8, 4) is 0 Å². The molecule has 0 amide bonds. The summed E-state index contributed by atoms with van der Waals surface area (Å²) in [7, 11) is 0. The van der Waals surface area contributed by atoms with Gasteiger partial charge in [-0.25, -0.2) is 4.98 Å². The fraction of sp³-hybridized carbons (Fsp3) is 0.552. The number of hydrogen-bond acceptors (Lipinski definition) is 13. The summed E-state index contributed by atoms with van der Waals surface area (Å²) in [5.41, 5.74) is 1.97. The van der Waals surface area contributed by atoms with Crippen molar-refractivity contribution in [3.63, 3.8) is 0 Å². The van der Waals surface area contributed by atoms with Crippen molar-refractivity contribution in [2.45, 2.75) is 84.6 Å². The molecule has 236 valence electrons. The van der Waals surface area contributed by atoms with Crippen LogP contribution in [0.3, 0.4) is 0 Å². The minimum absolute atomic E-state index is 0.0883. The van der Waals surface area contributed by atoms with Crippen molar-refractivity contribution in [3.05, 3.63) is 48.0 Å². The molecule has 5 atom stereocenters. The van der Waals surface area contributed by atoms with Gasteiger partial charge >= 0.3 is 5.97 Å². The molecule has 0 spiro atoms. The number of nitrogens with zero attached hydrogens (tertiary/aromatic N) is 8. The molecular weight excluding hydrogens is 568 g/mol. The van der Waals surface area contributed by atoms with E-state index in [0.29, 0.717) is 36.5 Å². The monoisotopic (exact) mass is 608 g/mol. The lowest BCUT2D eigenvalue weighted by Crippen LogP contribution is -2.34. The van der Waals surface area contributed by atoms with Crippen molar-refractivity contribution in [2.75, 3.05) is 23.8 Å². The Kier molecular flexibility index (Phi) is 9.36. The summed E-state index contributed by atoms with van der Waals surface area (Å²) in [4.78, 5) is 27.5. The second-order valence-corrected chi connectivity index (χ2v) is 12.0. The van der Waals surface area contributed by atoms with E-state index < -0.39 is 30.5 Å². The van der Waals surface area contributed by atoms with Crippen molar-refractivity contribution < 1.29 is 24.5 Å². The predicted octanol–water partition coefficient (Wildman–Crippen LogP) is 2.26. The van der Waals surface area contributed by atoms with Gasteiger partial charge in [0.1, 0.15) is 6.10 Å². The van der Waals surface area contributed by atoms with Crippen LogP contribution in [0.5, 0.6) is 0 Å². The first-order valence-corrected chi connectivity index (χ1v) is 14.7. The fourth-order valence-electron chi connectivity index (χ4n) is 5.00. The summed E-state index contributed by atoms with van der Waals surface area (Å²) in [5, 5.41) is 40.4. The molecule has 4 aromatic rings. The number of aromatic nitrogens is 8. The average molecular weight is 609 g/mol. The largest absolute Gasteiger partial charge is 0.455 e. The number of aliphatic hydroxyl groups is 2. The Morgan fingerprint density at radius 2 is 1.98 bits per heavy atom. The number of hydrogen-bond donors (Lipinski definition) is 4. The summed E-state index contributed by atoms with van der Waals surface area (Å²) in [6, 6.07) is 9.45. The maximum absolute atomic E-state index is 12.1. The molecule has 0 bridgehead atoms. The lowest BCUT2D eigenvalue weighted by atomic mass is 9.92. The van der Waals surface area contributed by atoms with Crippen LogP contribution in [0, 0.1) is 5.41 Å². The number of imidazole rings is 1. The molecule has 0 unspecified atom stereocenters. The number of esters is 1. The van der Waals surface area contributed by atoms with E-state index >= 15 is 0 Å². The van der Waals surface area contributed by atoms with Crippen molar-refractivity contribution >= 4 is 28.9 Å². The lowest BCUT2D eigenvalue weighted by molar-refractivity contribution is -0.155. The van der Waals surface area contributed by atoms with E-state index in [1.54, 1.807) is 4.57 Å². The van der Waals surface area contributed by atoms with Crippen LogP contribution in [-0.2, 0) is 27.2 Å². The number of aliphatic hydroxyl groups excluding tert-OH is 2. The third-order valence-corrected chi connectivity index (χ3v) is 7.26. The first-order valence-electron chi connectivity index (χ1n) is 14.7. The SMILES string of the molecule is CCn1nnc([C@H]2O[C@@H](n3cnc4c(NCCC(C)(C)C)nc(N[C@H](CO)Cc5ccccc5)nc43)[C@H](OC(C)=O)[C@@H]2O)n1. The van der Waals surface area contributed by atoms with E-state index in [4.69, 9.17) is 19.4 Å². The van der Waals surface area contributed by atoms with Gasteiger partial charge in [0.05, 0.1) is 25.5 Å². The number of carbonyl (C=O) groups is 1. The number of tetrazole rings is 1. The Labute approximate surface area is 255 Å². The normalized spacial score (nSPS) is 21.0. The molecule has 0 radical (unpaired) electrons. The van der Waals surface area contributed by atoms with E-state index in [1.165, 1.54) is 18.0 Å². The molecular formula is C29H40N10O5. The highest BCUT2D eigenvalue weighted by Crippen LogP contribution is 2.41. The van der Waals surface area contributed by atoms with Crippen LogP contribution >= 0.6 is 0 Å². The third-order valence-electron chi connectivity index (χ3n) is 7.26. The number of aryl methyl sites for hydroxylation is 1. The maximum atomic E-state index is 12.1. The van der Waals surface area contributed by atoms with Gasteiger partial charge in [-0.1, -0.05) is 51.1 Å². The Bertz CT molecular complexity index is 1550. The second kappa shape index (κ2) is 13.2. The molecule has 1 saturated heterocycles. The molecule has 1 fully saturated rings. The fourth-order valence-corrected chi connectivity index (χ4v) is 5.00. The van der Waals surface area contributed by atoms with Crippen LogP contribution in [-0.4, -0.2) is 87.3 Å². The molecule has 3 aromatic heterocycles. The maximum Gasteiger partial charge on any atom is 0.303 e. The number of fused-ring (bicyclic) bond motifs is 1. The quantitative estimate of drug-likeness (QED) is 0.172. The van der Waals surface area contributed by atoms with Gasteiger partial charge in [0, 0.05) is 13.5 Å². The highest BCUT2D eigenvalue weighted by atomic mass is 16.6. The highest BCUT2D eigenvalue weighted by molar-refractivity contribution is 5.84. The number of carbonyl (C=O) groups excluding carboxylic acids is 1. The Balaban J connectivity index is 1.52. The summed E-state index contributed by atoms with van der Waals surface area (Å²) in [6.07, 6.45) is -1.51. The summed E-state index contributed by atoms with van der Waals surface area (Å²) in [6.45, 7) is 10.6. The molecule has 0 aliphatic carbocycles. The van der Waals surface area contributed by atoms with E-state index in [1.807, 2.05) is 37.3 Å². The molecule has 1 aliphatic rings. The molecule has 15 nitrogen and oxygen atoms in total. The zero-order chi connectivity index (χ0) is 31.4. The second-order valence-electron chi connectivity index (χ2n) is 12.0. The van der Waals surface area contributed by atoms with Gasteiger partial charge < -0.3 is 30.3 Å². The highest BCUT2D eigenvalue weighted by Gasteiger charge is 2.50. The lowest BCUT2D eigenvalue weighted by Gasteiger charge is -2.22. The molecule has 4 heterocycles. The van der Waals surface area contributed by atoms with Crippen molar-refractivity contribution in [1.82, 2.24) is 39.7 Å². The number of ether oxygens (including phenoxy) is 2. The summed E-state index contributed by atoms with van der Waals surface area (Å²) < 4.78 is 13.4. The molecule has 44 heavy (non-hydrogen) atoms. The Morgan fingerprint density at radius 1 is 1.20 bits per heavy atom. The van der Waals surface area contributed by atoms with Crippen LogP contribution in [0.4, 0.5) is 11.8 Å². The van der Waals surface area contributed by atoms with Crippen LogP contribution in [0.2, 0.25) is 0 Å². The Hall–Kier alpha value is -4.21. The third kappa shape index (κ3) is 7.11. The van der Waals surface area contributed by atoms with Gasteiger partial charge in [0.25, 0.3) is 0 Å². The number of rotatable bonds is 12. The number of benzene rings is 1. The smallest absolute Gasteiger partial charge is 0.303 e. The zero-order valence-electron chi connectivity index (χ0n) is 25.6. The van der Waals surface area contributed by atoms with Crippen molar-refractivity contribution in [2.24, 2.45) is 5.41 Å².